The molecule has 0 nitrogen and oxygen atoms in total. The summed E-state index contributed by atoms with van der Waals surface area (Å²) < 4.78 is 0. The molecular formula is C12H18. The number of fused-ring (bicyclic) bond motifs is 3. The second kappa shape index (κ2) is 2.61. The van der Waals surface area contributed by atoms with E-state index in [4.69, 9.17) is 0 Å². The average molecular weight is 162 g/mol. The minimum atomic E-state index is 0.990. The summed E-state index contributed by atoms with van der Waals surface area (Å²) in [5.41, 5.74) is 0. The monoisotopic (exact) mass is 162 g/mol. The van der Waals surface area contributed by atoms with Gasteiger partial charge in [0.1, 0.15) is 0 Å². The fourth-order valence-electron chi connectivity index (χ4n) is 3.86. The van der Waals surface area contributed by atoms with Crippen LogP contribution in [0.4, 0.5) is 0 Å². The Morgan fingerprint density at radius 1 is 0.667 bits per heavy atom. The van der Waals surface area contributed by atoms with E-state index in [2.05, 4.69) is 12.2 Å². The van der Waals surface area contributed by atoms with Crippen LogP contribution in [0.25, 0.3) is 0 Å². The summed E-state index contributed by atoms with van der Waals surface area (Å²) >= 11 is 0. The van der Waals surface area contributed by atoms with Gasteiger partial charge in [0.15, 0.2) is 0 Å². The molecule has 0 unspecified atom stereocenters. The fraction of sp³-hybridized carbons (Fsp3) is 0.833. The quantitative estimate of drug-likeness (QED) is 0.479. The Balaban J connectivity index is 1.89. The molecular weight excluding hydrogens is 144 g/mol. The van der Waals surface area contributed by atoms with Gasteiger partial charge in [0, 0.05) is 0 Å². The maximum atomic E-state index is 2.55. The van der Waals surface area contributed by atoms with E-state index < -0.39 is 0 Å². The van der Waals surface area contributed by atoms with E-state index in [1.54, 1.807) is 0 Å². The van der Waals surface area contributed by atoms with Gasteiger partial charge < -0.3 is 0 Å². The molecule has 0 aromatic carbocycles. The van der Waals surface area contributed by atoms with Crippen molar-refractivity contribution in [2.75, 3.05) is 0 Å². The van der Waals surface area contributed by atoms with E-state index in [1.807, 2.05) is 0 Å². The Kier molecular flexibility index (Phi) is 1.56. The highest BCUT2D eigenvalue weighted by Crippen LogP contribution is 2.50. The molecule has 12 heavy (non-hydrogen) atoms. The van der Waals surface area contributed by atoms with Gasteiger partial charge in [-0.15, -0.1) is 0 Å². The predicted molar refractivity (Wildman–Crippen MR) is 50.8 cm³/mol. The molecule has 0 aromatic rings. The third kappa shape index (κ3) is 0.901. The van der Waals surface area contributed by atoms with E-state index in [9.17, 15) is 0 Å². The second-order valence-corrected chi connectivity index (χ2v) is 4.90. The Bertz CT molecular complexity index is 182. The number of allylic oxidation sites excluding steroid dienone is 2. The summed E-state index contributed by atoms with van der Waals surface area (Å²) in [6.07, 6.45) is 14.2. The molecule has 0 aromatic heterocycles. The van der Waals surface area contributed by atoms with Crippen molar-refractivity contribution in [1.29, 1.82) is 0 Å². The van der Waals surface area contributed by atoms with Gasteiger partial charge in [-0.3, -0.25) is 0 Å². The molecule has 3 aliphatic rings. The third-order valence-electron chi connectivity index (χ3n) is 4.41. The van der Waals surface area contributed by atoms with Gasteiger partial charge in [0.05, 0.1) is 0 Å². The largest absolute Gasteiger partial charge is 0.0848 e. The van der Waals surface area contributed by atoms with Crippen LogP contribution < -0.4 is 0 Å². The lowest BCUT2D eigenvalue weighted by Gasteiger charge is -2.31. The molecule has 0 heterocycles. The predicted octanol–water partition coefficient (Wildman–Crippen LogP) is 3.39. The Morgan fingerprint density at radius 3 is 1.67 bits per heavy atom. The zero-order valence-electron chi connectivity index (χ0n) is 7.71. The molecule has 4 atom stereocenters. The van der Waals surface area contributed by atoms with Crippen LogP contribution in [0.3, 0.4) is 0 Å². The maximum Gasteiger partial charge on any atom is -0.0202 e. The van der Waals surface area contributed by atoms with Crippen molar-refractivity contribution >= 4 is 0 Å². The van der Waals surface area contributed by atoms with Gasteiger partial charge in [0.2, 0.25) is 0 Å². The molecule has 2 fully saturated rings. The summed E-state index contributed by atoms with van der Waals surface area (Å²) in [4.78, 5) is 0. The molecule has 0 amide bonds. The van der Waals surface area contributed by atoms with Crippen LogP contribution in [0.15, 0.2) is 12.2 Å². The smallest absolute Gasteiger partial charge is 0.0202 e. The summed E-state index contributed by atoms with van der Waals surface area (Å²) in [6, 6.07) is 0. The lowest BCUT2D eigenvalue weighted by atomic mass is 9.74. The first-order valence-electron chi connectivity index (χ1n) is 5.63. The SMILES string of the molecule is C1=C[C@@H]2CCC[C@@H]2[C@H]2CCC[C@@H]12. The van der Waals surface area contributed by atoms with Crippen LogP contribution in [-0.2, 0) is 0 Å². The van der Waals surface area contributed by atoms with Crippen molar-refractivity contribution in [3.05, 3.63) is 12.2 Å². The Labute approximate surface area is 75.0 Å². The molecule has 0 saturated heterocycles. The molecule has 0 bridgehead atoms. The van der Waals surface area contributed by atoms with Crippen molar-refractivity contribution in [3.8, 4) is 0 Å². The molecule has 0 N–H and O–H groups in total. The van der Waals surface area contributed by atoms with Crippen LogP contribution in [-0.4, -0.2) is 0 Å². The van der Waals surface area contributed by atoms with Gasteiger partial charge in [-0.2, -0.15) is 0 Å². The maximum absolute atomic E-state index is 2.55. The topological polar surface area (TPSA) is 0 Å². The summed E-state index contributed by atoms with van der Waals surface area (Å²) in [5, 5.41) is 0. The number of hydrogen-bond acceptors (Lipinski definition) is 0. The van der Waals surface area contributed by atoms with E-state index in [1.165, 1.54) is 38.5 Å². The highest BCUT2D eigenvalue weighted by Gasteiger charge is 2.40. The lowest BCUT2D eigenvalue weighted by Crippen LogP contribution is -2.24. The van der Waals surface area contributed by atoms with Crippen molar-refractivity contribution in [3.63, 3.8) is 0 Å². The summed E-state index contributed by atoms with van der Waals surface area (Å²) in [7, 11) is 0. The Morgan fingerprint density at radius 2 is 1.17 bits per heavy atom. The molecule has 2 saturated carbocycles. The van der Waals surface area contributed by atoms with Crippen LogP contribution in [0.1, 0.15) is 38.5 Å². The van der Waals surface area contributed by atoms with Gasteiger partial charge in [-0.1, -0.05) is 25.0 Å². The zero-order chi connectivity index (χ0) is 7.97. The highest BCUT2D eigenvalue weighted by atomic mass is 14.4. The first-order chi connectivity index (χ1) is 5.95. The average Bonchev–Trinajstić information content (AvgIpc) is 2.71. The van der Waals surface area contributed by atoms with Gasteiger partial charge >= 0.3 is 0 Å². The van der Waals surface area contributed by atoms with Crippen LogP contribution >= 0.6 is 0 Å². The third-order valence-corrected chi connectivity index (χ3v) is 4.41. The molecule has 0 heteroatoms. The second-order valence-electron chi connectivity index (χ2n) is 4.90. The van der Waals surface area contributed by atoms with E-state index in [-0.39, 0.29) is 0 Å². The molecule has 0 radical (unpaired) electrons. The highest BCUT2D eigenvalue weighted by molar-refractivity contribution is 5.08. The van der Waals surface area contributed by atoms with E-state index in [0.29, 0.717) is 0 Å². The first-order valence-corrected chi connectivity index (χ1v) is 5.63. The molecule has 3 aliphatic carbocycles. The summed E-state index contributed by atoms with van der Waals surface area (Å²) in [5.74, 6) is 4.18. The first kappa shape index (κ1) is 7.17. The van der Waals surface area contributed by atoms with Gasteiger partial charge in [0.25, 0.3) is 0 Å². The van der Waals surface area contributed by atoms with Crippen molar-refractivity contribution in [2.45, 2.75) is 38.5 Å². The molecule has 66 valence electrons. The van der Waals surface area contributed by atoms with E-state index >= 15 is 0 Å². The molecule has 0 aliphatic heterocycles. The normalized spacial score (nSPS) is 50.7. The lowest BCUT2D eigenvalue weighted by molar-refractivity contribution is 0.244. The van der Waals surface area contributed by atoms with Crippen molar-refractivity contribution in [1.82, 2.24) is 0 Å². The van der Waals surface area contributed by atoms with E-state index in [0.717, 1.165) is 23.7 Å². The molecule has 0 spiro atoms. The van der Waals surface area contributed by atoms with Crippen molar-refractivity contribution in [2.24, 2.45) is 23.7 Å². The standard InChI is InChI=1S/C12H18/c1-3-9-7-8-10-4-2-6-12(10)11(9)5-1/h7-12H,1-6H2/t9-,10-,11-,12-/m0/s1. The Hall–Kier alpha value is -0.260. The zero-order valence-corrected chi connectivity index (χ0v) is 7.71. The number of rotatable bonds is 0. The number of hydrogen-bond donors (Lipinski definition) is 0. The minimum absolute atomic E-state index is 0.990. The summed E-state index contributed by atoms with van der Waals surface area (Å²) in [6.45, 7) is 0. The van der Waals surface area contributed by atoms with Crippen LogP contribution in [0, 0.1) is 23.7 Å². The fourth-order valence-corrected chi connectivity index (χ4v) is 3.86. The van der Waals surface area contributed by atoms with Crippen LogP contribution in [0.5, 0.6) is 0 Å². The van der Waals surface area contributed by atoms with Gasteiger partial charge in [-0.05, 0) is 49.4 Å². The van der Waals surface area contributed by atoms with Crippen molar-refractivity contribution < 1.29 is 0 Å². The molecule has 3 rings (SSSR count). The van der Waals surface area contributed by atoms with Crippen LogP contribution in [0.2, 0.25) is 0 Å². The minimum Gasteiger partial charge on any atom is -0.0848 e. The van der Waals surface area contributed by atoms with Gasteiger partial charge in [-0.25, -0.2) is 0 Å².